The molecule has 0 heterocycles. The fourth-order valence-corrected chi connectivity index (χ4v) is 1.95. The van der Waals surface area contributed by atoms with Crippen LogP contribution in [0.15, 0.2) is 36.4 Å². The molecule has 110 valence electrons. The van der Waals surface area contributed by atoms with Gasteiger partial charge in [0, 0.05) is 11.3 Å². The smallest absolute Gasteiger partial charge is 0.262 e. The first kappa shape index (κ1) is 14.8. The highest BCUT2D eigenvalue weighted by molar-refractivity contribution is 5.92. The number of rotatable bonds is 4. The minimum absolute atomic E-state index is 0.132. The molecule has 0 aliphatic heterocycles. The predicted molar refractivity (Wildman–Crippen MR) is 80.9 cm³/mol. The van der Waals surface area contributed by atoms with E-state index in [1.807, 2.05) is 19.9 Å². The minimum atomic E-state index is -0.484. The number of amides is 1. The zero-order valence-corrected chi connectivity index (χ0v) is 11.9. The van der Waals surface area contributed by atoms with E-state index < -0.39 is 11.7 Å². The number of nitrogen functional groups attached to an aromatic ring is 1. The number of carbonyl (C=O) groups is 1. The maximum Gasteiger partial charge on any atom is 0.262 e. The van der Waals surface area contributed by atoms with E-state index in [1.54, 1.807) is 18.2 Å². The molecule has 2 aromatic carbocycles. The lowest BCUT2D eigenvalue weighted by Gasteiger charge is -2.13. The first-order chi connectivity index (χ1) is 9.99. The molecule has 0 saturated heterocycles. The maximum absolute atomic E-state index is 13.4. The fraction of sp³-hybridized carbons (Fsp3) is 0.188. The summed E-state index contributed by atoms with van der Waals surface area (Å²) in [5, 5.41) is 2.46. The van der Waals surface area contributed by atoms with Crippen LogP contribution >= 0.6 is 0 Å². The molecule has 0 spiro atoms. The molecule has 0 saturated carbocycles. The van der Waals surface area contributed by atoms with Crippen molar-refractivity contribution >= 4 is 17.3 Å². The van der Waals surface area contributed by atoms with Crippen molar-refractivity contribution < 1.29 is 13.9 Å². The van der Waals surface area contributed by atoms with Crippen LogP contribution in [0.2, 0.25) is 0 Å². The van der Waals surface area contributed by atoms with E-state index in [0.717, 1.165) is 11.1 Å². The average Bonchev–Trinajstić information content (AvgIpc) is 2.45. The van der Waals surface area contributed by atoms with Crippen LogP contribution in [0.1, 0.15) is 11.1 Å². The number of benzene rings is 2. The van der Waals surface area contributed by atoms with Crippen molar-refractivity contribution in [3.8, 4) is 5.75 Å². The maximum atomic E-state index is 13.4. The Bertz CT molecular complexity index is 671. The molecule has 0 fully saturated rings. The molecule has 21 heavy (non-hydrogen) atoms. The van der Waals surface area contributed by atoms with Gasteiger partial charge in [-0.25, -0.2) is 4.39 Å². The molecule has 0 radical (unpaired) electrons. The Morgan fingerprint density at radius 2 is 1.95 bits per heavy atom. The summed E-state index contributed by atoms with van der Waals surface area (Å²) in [6.07, 6.45) is 0. The molecule has 3 N–H and O–H groups in total. The average molecular weight is 288 g/mol. The molecule has 4 nitrogen and oxygen atoms in total. The van der Waals surface area contributed by atoms with Gasteiger partial charge in [0.2, 0.25) is 0 Å². The monoisotopic (exact) mass is 288 g/mol. The van der Waals surface area contributed by atoms with Gasteiger partial charge in [0.1, 0.15) is 11.6 Å². The Balaban J connectivity index is 2.02. The fourth-order valence-electron chi connectivity index (χ4n) is 1.95. The highest BCUT2D eigenvalue weighted by Crippen LogP contribution is 2.27. The largest absolute Gasteiger partial charge is 0.483 e. The number of carbonyl (C=O) groups excluding carboxylic acids is 1. The number of halogens is 1. The molecular formula is C16H17FN2O2. The second kappa shape index (κ2) is 6.26. The number of ether oxygens (including phenoxy) is 1. The second-order valence-corrected chi connectivity index (χ2v) is 4.74. The van der Waals surface area contributed by atoms with Gasteiger partial charge in [-0.3, -0.25) is 4.79 Å². The van der Waals surface area contributed by atoms with E-state index in [1.165, 1.54) is 12.1 Å². The molecule has 2 rings (SSSR count). The van der Waals surface area contributed by atoms with Crippen molar-refractivity contribution in [1.29, 1.82) is 0 Å². The SMILES string of the molecule is Cc1ccc(N)c(C)c1OCC(=O)Nc1ccccc1F. The summed E-state index contributed by atoms with van der Waals surface area (Å²) in [7, 11) is 0. The van der Waals surface area contributed by atoms with Gasteiger partial charge in [0.05, 0.1) is 5.69 Å². The second-order valence-electron chi connectivity index (χ2n) is 4.74. The van der Waals surface area contributed by atoms with Crippen molar-refractivity contribution in [2.75, 3.05) is 17.7 Å². The normalized spacial score (nSPS) is 10.2. The van der Waals surface area contributed by atoms with Crippen molar-refractivity contribution in [1.82, 2.24) is 0 Å². The third-order valence-electron chi connectivity index (χ3n) is 3.14. The molecule has 0 aromatic heterocycles. The first-order valence-electron chi connectivity index (χ1n) is 6.52. The third kappa shape index (κ3) is 3.51. The minimum Gasteiger partial charge on any atom is -0.483 e. The number of para-hydroxylation sites is 1. The van der Waals surface area contributed by atoms with Gasteiger partial charge in [-0.15, -0.1) is 0 Å². The van der Waals surface area contributed by atoms with Crippen molar-refractivity contribution in [3.05, 3.63) is 53.3 Å². The zero-order valence-electron chi connectivity index (χ0n) is 11.9. The van der Waals surface area contributed by atoms with Crippen molar-refractivity contribution in [3.63, 3.8) is 0 Å². The molecule has 0 atom stereocenters. The third-order valence-corrected chi connectivity index (χ3v) is 3.14. The molecule has 0 aliphatic carbocycles. The molecule has 1 amide bonds. The number of hydrogen-bond acceptors (Lipinski definition) is 3. The van der Waals surface area contributed by atoms with Crippen molar-refractivity contribution in [2.45, 2.75) is 13.8 Å². The van der Waals surface area contributed by atoms with E-state index >= 15 is 0 Å². The van der Waals surface area contributed by atoms with Crippen LogP contribution in [0.3, 0.4) is 0 Å². The molecule has 0 bridgehead atoms. The topological polar surface area (TPSA) is 64.3 Å². The van der Waals surface area contributed by atoms with E-state index in [0.29, 0.717) is 11.4 Å². The van der Waals surface area contributed by atoms with E-state index in [9.17, 15) is 9.18 Å². The zero-order chi connectivity index (χ0) is 15.4. The lowest BCUT2D eigenvalue weighted by Crippen LogP contribution is -2.21. The quantitative estimate of drug-likeness (QED) is 0.850. The Kier molecular flexibility index (Phi) is 4.42. The van der Waals surface area contributed by atoms with Crippen LogP contribution in [0, 0.1) is 19.7 Å². The summed E-state index contributed by atoms with van der Waals surface area (Å²) in [5.41, 5.74) is 8.22. The number of anilines is 2. The Morgan fingerprint density at radius 3 is 2.67 bits per heavy atom. The lowest BCUT2D eigenvalue weighted by molar-refractivity contribution is -0.118. The standard InChI is InChI=1S/C16H17FN2O2/c1-10-7-8-13(18)11(2)16(10)21-9-15(20)19-14-6-4-3-5-12(14)17/h3-8H,9,18H2,1-2H3,(H,19,20). The Hall–Kier alpha value is -2.56. The Labute approximate surface area is 122 Å². The van der Waals surface area contributed by atoms with Crippen LogP contribution in [0.5, 0.6) is 5.75 Å². The summed E-state index contributed by atoms with van der Waals surface area (Å²) in [6, 6.07) is 9.59. The number of nitrogens with one attached hydrogen (secondary N) is 1. The molecule has 2 aromatic rings. The van der Waals surface area contributed by atoms with E-state index in [2.05, 4.69) is 5.32 Å². The van der Waals surface area contributed by atoms with Crippen molar-refractivity contribution in [2.24, 2.45) is 0 Å². The van der Waals surface area contributed by atoms with Gasteiger partial charge in [0.25, 0.3) is 5.91 Å². The lowest BCUT2D eigenvalue weighted by atomic mass is 10.1. The number of nitrogens with two attached hydrogens (primary N) is 1. The van der Waals surface area contributed by atoms with Gasteiger partial charge in [-0.2, -0.15) is 0 Å². The van der Waals surface area contributed by atoms with Gasteiger partial charge < -0.3 is 15.8 Å². The van der Waals surface area contributed by atoms with Gasteiger partial charge in [-0.1, -0.05) is 18.2 Å². The predicted octanol–water partition coefficient (Wildman–Crippen LogP) is 3.04. The summed E-state index contributed by atoms with van der Waals surface area (Å²) < 4.78 is 18.9. The van der Waals surface area contributed by atoms with Crippen LogP contribution in [-0.2, 0) is 4.79 Å². The number of hydrogen-bond donors (Lipinski definition) is 2. The molecular weight excluding hydrogens is 271 g/mol. The van der Waals surface area contributed by atoms with E-state index in [4.69, 9.17) is 10.5 Å². The molecule has 5 heteroatoms. The highest BCUT2D eigenvalue weighted by Gasteiger charge is 2.11. The summed E-state index contributed by atoms with van der Waals surface area (Å²) in [6.45, 7) is 3.49. The highest BCUT2D eigenvalue weighted by atomic mass is 19.1. The molecule has 0 unspecified atom stereocenters. The Morgan fingerprint density at radius 1 is 1.24 bits per heavy atom. The van der Waals surface area contributed by atoms with Gasteiger partial charge in [-0.05, 0) is 37.6 Å². The summed E-state index contributed by atoms with van der Waals surface area (Å²) in [4.78, 5) is 11.8. The van der Waals surface area contributed by atoms with E-state index in [-0.39, 0.29) is 12.3 Å². The van der Waals surface area contributed by atoms with Crippen LogP contribution < -0.4 is 15.8 Å². The van der Waals surface area contributed by atoms with Crippen LogP contribution in [0.25, 0.3) is 0 Å². The summed E-state index contributed by atoms with van der Waals surface area (Å²) in [5.74, 6) is -0.331. The van der Waals surface area contributed by atoms with Gasteiger partial charge in [0.15, 0.2) is 6.61 Å². The van der Waals surface area contributed by atoms with Gasteiger partial charge >= 0.3 is 0 Å². The van der Waals surface area contributed by atoms with Crippen LogP contribution in [-0.4, -0.2) is 12.5 Å². The number of aryl methyl sites for hydroxylation is 1. The molecule has 0 aliphatic rings. The van der Waals surface area contributed by atoms with Crippen LogP contribution in [0.4, 0.5) is 15.8 Å². The first-order valence-corrected chi connectivity index (χ1v) is 6.52. The summed E-state index contributed by atoms with van der Waals surface area (Å²) >= 11 is 0.